The Balaban J connectivity index is 1.87. The van der Waals surface area contributed by atoms with Gasteiger partial charge in [-0.15, -0.1) is 11.3 Å². The molecule has 1 aliphatic carbocycles. The molecule has 3 rings (SSSR count). The Morgan fingerprint density at radius 3 is 2.62 bits per heavy atom. The smallest absolute Gasteiger partial charge is 0.341 e. The van der Waals surface area contributed by atoms with E-state index in [0.717, 1.165) is 36.1 Å². The van der Waals surface area contributed by atoms with Gasteiger partial charge in [-0.25, -0.2) is 4.79 Å². The minimum atomic E-state index is -0.389. The van der Waals surface area contributed by atoms with Gasteiger partial charge in [-0.1, -0.05) is 19.3 Å². The standard InChI is InChI=1S/C19H26N2O4S/c1-3-25-19(24)16-14-9-10-21(12(2)22)11-15(14)26-18(16)20-17(23)13-7-5-4-6-8-13/h13H,3-11H2,1-2H3,(H,20,23). The van der Waals surface area contributed by atoms with Gasteiger partial charge in [0.25, 0.3) is 0 Å². The summed E-state index contributed by atoms with van der Waals surface area (Å²) in [6, 6.07) is 0. The van der Waals surface area contributed by atoms with Crippen LogP contribution in [0.15, 0.2) is 0 Å². The lowest BCUT2D eigenvalue weighted by Crippen LogP contribution is -2.34. The van der Waals surface area contributed by atoms with Crippen molar-refractivity contribution in [1.82, 2.24) is 4.90 Å². The second kappa shape index (κ2) is 8.20. The number of carbonyl (C=O) groups is 3. The average Bonchev–Trinajstić information content (AvgIpc) is 2.99. The van der Waals surface area contributed by atoms with Crippen LogP contribution >= 0.6 is 11.3 Å². The van der Waals surface area contributed by atoms with Gasteiger partial charge in [-0.2, -0.15) is 0 Å². The largest absolute Gasteiger partial charge is 0.462 e. The first kappa shape index (κ1) is 18.9. The maximum Gasteiger partial charge on any atom is 0.341 e. The summed E-state index contributed by atoms with van der Waals surface area (Å²) in [6.07, 6.45) is 5.77. The summed E-state index contributed by atoms with van der Waals surface area (Å²) in [7, 11) is 0. The quantitative estimate of drug-likeness (QED) is 0.815. The highest BCUT2D eigenvalue weighted by molar-refractivity contribution is 7.17. The van der Waals surface area contributed by atoms with Gasteiger partial charge >= 0.3 is 5.97 Å². The van der Waals surface area contributed by atoms with Crippen LogP contribution in [-0.2, 0) is 27.3 Å². The fourth-order valence-electron chi connectivity index (χ4n) is 3.76. The van der Waals surface area contributed by atoms with Crippen LogP contribution in [0.1, 0.15) is 66.8 Å². The van der Waals surface area contributed by atoms with Gasteiger partial charge in [0.15, 0.2) is 0 Å². The molecule has 1 saturated carbocycles. The Morgan fingerprint density at radius 1 is 1.23 bits per heavy atom. The van der Waals surface area contributed by atoms with Gasteiger partial charge in [-0.3, -0.25) is 9.59 Å². The van der Waals surface area contributed by atoms with E-state index in [0.29, 0.717) is 36.7 Å². The van der Waals surface area contributed by atoms with E-state index in [9.17, 15) is 14.4 Å². The summed E-state index contributed by atoms with van der Waals surface area (Å²) in [4.78, 5) is 39.6. The monoisotopic (exact) mass is 378 g/mol. The van der Waals surface area contributed by atoms with Crippen molar-refractivity contribution in [2.45, 2.75) is 58.9 Å². The lowest BCUT2D eigenvalue weighted by atomic mass is 9.88. The van der Waals surface area contributed by atoms with Gasteiger partial charge < -0.3 is 15.0 Å². The fourth-order valence-corrected chi connectivity index (χ4v) is 5.01. The molecular weight excluding hydrogens is 352 g/mol. The molecule has 0 aromatic carbocycles. The SMILES string of the molecule is CCOC(=O)c1c(NC(=O)C2CCCCC2)sc2c1CCN(C(C)=O)C2. The molecule has 142 valence electrons. The molecule has 0 unspecified atom stereocenters. The number of rotatable bonds is 4. The number of fused-ring (bicyclic) bond motifs is 1. The molecule has 1 fully saturated rings. The molecule has 2 aliphatic rings. The molecule has 1 aromatic rings. The van der Waals surface area contributed by atoms with Crippen LogP contribution in [-0.4, -0.2) is 35.8 Å². The van der Waals surface area contributed by atoms with E-state index >= 15 is 0 Å². The number of ether oxygens (including phenoxy) is 1. The fraction of sp³-hybridized carbons (Fsp3) is 0.632. The van der Waals surface area contributed by atoms with E-state index in [4.69, 9.17) is 4.74 Å². The number of esters is 1. The van der Waals surface area contributed by atoms with Gasteiger partial charge in [-0.05, 0) is 31.7 Å². The third-order valence-electron chi connectivity index (χ3n) is 5.19. The molecule has 1 N–H and O–H groups in total. The molecule has 0 atom stereocenters. The van der Waals surface area contributed by atoms with Crippen LogP contribution in [0.3, 0.4) is 0 Å². The van der Waals surface area contributed by atoms with Crippen LogP contribution in [0.5, 0.6) is 0 Å². The number of hydrogen-bond acceptors (Lipinski definition) is 5. The number of nitrogens with zero attached hydrogens (tertiary/aromatic N) is 1. The van der Waals surface area contributed by atoms with Crippen molar-refractivity contribution in [1.29, 1.82) is 0 Å². The molecular formula is C19H26N2O4S. The number of thiophene rings is 1. The highest BCUT2D eigenvalue weighted by atomic mass is 32.1. The van der Waals surface area contributed by atoms with E-state index in [1.54, 1.807) is 18.7 Å². The molecule has 2 heterocycles. The van der Waals surface area contributed by atoms with E-state index in [-0.39, 0.29) is 23.7 Å². The van der Waals surface area contributed by atoms with Crippen molar-refractivity contribution >= 4 is 34.1 Å². The zero-order valence-corrected chi connectivity index (χ0v) is 16.2. The predicted molar refractivity (Wildman–Crippen MR) is 100 cm³/mol. The van der Waals surface area contributed by atoms with Crippen LogP contribution in [0.2, 0.25) is 0 Å². The molecule has 2 amide bonds. The highest BCUT2D eigenvalue weighted by Gasteiger charge is 2.31. The molecule has 0 saturated heterocycles. The first-order chi connectivity index (χ1) is 12.5. The summed E-state index contributed by atoms with van der Waals surface area (Å²) < 4.78 is 5.23. The first-order valence-electron chi connectivity index (χ1n) is 9.39. The Labute approximate surface area is 157 Å². The van der Waals surface area contributed by atoms with Crippen molar-refractivity contribution in [2.24, 2.45) is 5.92 Å². The van der Waals surface area contributed by atoms with Gasteiger partial charge in [0, 0.05) is 24.3 Å². The Bertz CT molecular complexity index is 707. The first-order valence-corrected chi connectivity index (χ1v) is 10.2. The van der Waals surface area contributed by atoms with Crippen molar-refractivity contribution in [3.8, 4) is 0 Å². The Morgan fingerprint density at radius 2 is 1.96 bits per heavy atom. The zero-order valence-electron chi connectivity index (χ0n) is 15.4. The maximum atomic E-state index is 12.7. The number of hydrogen-bond donors (Lipinski definition) is 1. The van der Waals surface area contributed by atoms with Crippen molar-refractivity contribution in [2.75, 3.05) is 18.5 Å². The van der Waals surface area contributed by atoms with Crippen LogP contribution in [0.25, 0.3) is 0 Å². The molecule has 6 nitrogen and oxygen atoms in total. The predicted octanol–water partition coefficient (Wildman–Crippen LogP) is 3.35. The number of anilines is 1. The summed E-state index contributed by atoms with van der Waals surface area (Å²) in [6.45, 7) is 4.69. The van der Waals surface area contributed by atoms with Crippen molar-refractivity contribution in [3.05, 3.63) is 16.0 Å². The lowest BCUT2D eigenvalue weighted by molar-refractivity contribution is -0.129. The van der Waals surface area contributed by atoms with Gasteiger partial charge in [0.1, 0.15) is 5.00 Å². The molecule has 0 spiro atoms. The molecule has 0 bridgehead atoms. The topological polar surface area (TPSA) is 75.7 Å². The third kappa shape index (κ3) is 3.92. The van der Waals surface area contributed by atoms with Crippen molar-refractivity contribution < 1.29 is 19.1 Å². The van der Waals surface area contributed by atoms with Gasteiger partial charge in [0.05, 0.1) is 18.7 Å². The minimum Gasteiger partial charge on any atom is -0.462 e. The molecule has 1 aromatic heterocycles. The van der Waals surface area contributed by atoms with Crippen LogP contribution in [0.4, 0.5) is 5.00 Å². The normalized spacial score (nSPS) is 17.5. The molecule has 0 radical (unpaired) electrons. The molecule has 26 heavy (non-hydrogen) atoms. The zero-order chi connectivity index (χ0) is 18.7. The van der Waals surface area contributed by atoms with Crippen LogP contribution < -0.4 is 5.32 Å². The molecule has 1 aliphatic heterocycles. The highest BCUT2D eigenvalue weighted by Crippen LogP contribution is 2.38. The second-order valence-corrected chi connectivity index (χ2v) is 8.05. The van der Waals surface area contributed by atoms with E-state index in [2.05, 4.69) is 5.32 Å². The summed E-state index contributed by atoms with van der Waals surface area (Å²) in [5.74, 6) is -0.348. The van der Waals surface area contributed by atoms with Gasteiger partial charge in [0.2, 0.25) is 11.8 Å². The number of carbonyl (C=O) groups excluding carboxylic acids is 3. The summed E-state index contributed by atoms with van der Waals surface area (Å²) in [5, 5.41) is 3.57. The minimum absolute atomic E-state index is 0.00253. The number of nitrogens with one attached hydrogen (secondary N) is 1. The lowest BCUT2D eigenvalue weighted by Gasteiger charge is -2.25. The second-order valence-electron chi connectivity index (χ2n) is 6.94. The average molecular weight is 378 g/mol. The Hall–Kier alpha value is -1.89. The Kier molecular flexibility index (Phi) is 5.96. The molecule has 7 heteroatoms. The summed E-state index contributed by atoms with van der Waals surface area (Å²) in [5.41, 5.74) is 1.41. The van der Waals surface area contributed by atoms with Crippen LogP contribution in [0, 0.1) is 5.92 Å². The van der Waals surface area contributed by atoms with E-state index < -0.39 is 0 Å². The number of amides is 2. The van der Waals surface area contributed by atoms with E-state index in [1.807, 2.05) is 0 Å². The van der Waals surface area contributed by atoms with E-state index in [1.165, 1.54) is 17.8 Å². The maximum absolute atomic E-state index is 12.7. The summed E-state index contributed by atoms with van der Waals surface area (Å²) >= 11 is 1.40. The third-order valence-corrected chi connectivity index (χ3v) is 6.33. The van der Waals surface area contributed by atoms with Crippen molar-refractivity contribution in [3.63, 3.8) is 0 Å².